The van der Waals surface area contributed by atoms with Gasteiger partial charge in [0.05, 0.1) is 12.4 Å². The minimum absolute atomic E-state index is 0.277. The SMILES string of the molecule is CCCCCC1C=CC(C2=CCC(C(N)OC(N)C3=CC=C(OCCCCCCO)CC3)CC2)=CC1. The van der Waals surface area contributed by atoms with Crippen LogP contribution in [0.15, 0.2) is 58.9 Å². The van der Waals surface area contributed by atoms with E-state index in [1.54, 1.807) is 0 Å². The summed E-state index contributed by atoms with van der Waals surface area (Å²) in [6, 6.07) is 0. The highest BCUT2D eigenvalue weighted by atomic mass is 16.5. The van der Waals surface area contributed by atoms with Crippen LogP contribution in [-0.4, -0.2) is 30.8 Å². The maximum Gasteiger partial charge on any atom is 0.130 e. The van der Waals surface area contributed by atoms with Crippen LogP contribution >= 0.6 is 0 Å². The molecular weight excluding hydrogens is 448 g/mol. The predicted molar refractivity (Wildman–Crippen MR) is 149 cm³/mol. The molecule has 5 heteroatoms. The fourth-order valence-electron chi connectivity index (χ4n) is 5.32. The van der Waals surface area contributed by atoms with E-state index in [1.807, 2.05) is 12.2 Å². The lowest BCUT2D eigenvalue weighted by Crippen LogP contribution is -2.41. The molecule has 0 fully saturated rings. The van der Waals surface area contributed by atoms with Crippen molar-refractivity contribution < 1.29 is 14.6 Å². The van der Waals surface area contributed by atoms with Gasteiger partial charge in [0.25, 0.3) is 0 Å². The number of aliphatic hydroxyl groups is 1. The van der Waals surface area contributed by atoms with Gasteiger partial charge < -0.3 is 26.0 Å². The Hall–Kier alpha value is -1.66. The molecule has 0 saturated carbocycles. The molecule has 3 aliphatic rings. The van der Waals surface area contributed by atoms with Crippen molar-refractivity contribution in [3.8, 4) is 0 Å². The van der Waals surface area contributed by atoms with E-state index in [0.717, 1.165) is 81.6 Å². The second-order valence-corrected chi connectivity index (χ2v) is 10.7. The highest BCUT2D eigenvalue weighted by Gasteiger charge is 2.26. The Morgan fingerprint density at radius 2 is 1.83 bits per heavy atom. The number of aliphatic hydroxyl groups excluding tert-OH is 1. The van der Waals surface area contributed by atoms with Crippen LogP contribution in [0, 0.1) is 11.8 Å². The molecule has 0 spiro atoms. The monoisotopic (exact) mass is 498 g/mol. The number of unbranched alkanes of at least 4 members (excludes halogenated alkanes) is 5. The fourth-order valence-corrected chi connectivity index (χ4v) is 5.32. The Labute approximate surface area is 219 Å². The number of nitrogens with two attached hydrogens (primary N) is 2. The highest BCUT2D eigenvalue weighted by Crippen LogP contribution is 2.34. The molecule has 0 aromatic carbocycles. The van der Waals surface area contributed by atoms with Crippen molar-refractivity contribution in [2.75, 3.05) is 13.2 Å². The van der Waals surface area contributed by atoms with Crippen molar-refractivity contribution >= 4 is 0 Å². The smallest absolute Gasteiger partial charge is 0.130 e. The van der Waals surface area contributed by atoms with Crippen LogP contribution in [-0.2, 0) is 9.47 Å². The van der Waals surface area contributed by atoms with Gasteiger partial charge in [0, 0.05) is 18.9 Å². The highest BCUT2D eigenvalue weighted by molar-refractivity contribution is 5.42. The maximum atomic E-state index is 8.84. The van der Waals surface area contributed by atoms with Crippen LogP contribution in [0.5, 0.6) is 0 Å². The van der Waals surface area contributed by atoms with Gasteiger partial charge in [0.1, 0.15) is 12.5 Å². The second kappa shape index (κ2) is 16.2. The van der Waals surface area contributed by atoms with Gasteiger partial charge in [-0.1, -0.05) is 63.0 Å². The molecule has 0 aromatic heterocycles. The molecular formula is C31H50N2O3. The topological polar surface area (TPSA) is 90.7 Å². The third-order valence-corrected chi connectivity index (χ3v) is 7.81. The van der Waals surface area contributed by atoms with E-state index in [-0.39, 0.29) is 12.8 Å². The largest absolute Gasteiger partial charge is 0.498 e. The molecule has 36 heavy (non-hydrogen) atoms. The zero-order valence-corrected chi connectivity index (χ0v) is 22.5. The van der Waals surface area contributed by atoms with Crippen LogP contribution < -0.4 is 11.5 Å². The van der Waals surface area contributed by atoms with Crippen molar-refractivity contribution in [2.24, 2.45) is 23.3 Å². The summed E-state index contributed by atoms with van der Waals surface area (Å²) in [5.41, 5.74) is 16.8. The van der Waals surface area contributed by atoms with Crippen LogP contribution in [0.2, 0.25) is 0 Å². The van der Waals surface area contributed by atoms with Gasteiger partial charge in [-0.25, -0.2) is 0 Å². The van der Waals surface area contributed by atoms with Gasteiger partial charge in [-0.15, -0.1) is 0 Å². The lowest BCUT2D eigenvalue weighted by Gasteiger charge is -2.31. The lowest BCUT2D eigenvalue weighted by atomic mass is 9.82. The Balaban J connectivity index is 1.38. The van der Waals surface area contributed by atoms with E-state index >= 15 is 0 Å². The fraction of sp³-hybridized carbons (Fsp3) is 0.677. The molecule has 3 rings (SSSR count). The number of hydrogen-bond acceptors (Lipinski definition) is 5. The molecule has 5 N–H and O–H groups in total. The number of rotatable bonds is 16. The standard InChI is InChI=1S/C31H50N2O3/c1-2-3-6-9-24-10-12-25(13-11-24)26-14-16-27(17-15-26)30(32)36-31(33)28-18-20-29(21-19-28)35-23-8-5-4-7-22-34/h10,12-14,18,20,24,27,30-31,34H,2-9,11,15-17,19,21-23,32-33H2,1H3. The normalized spacial score (nSPS) is 23.9. The third-order valence-electron chi connectivity index (χ3n) is 7.81. The molecule has 0 bridgehead atoms. The summed E-state index contributed by atoms with van der Waals surface area (Å²) in [4.78, 5) is 0. The average Bonchev–Trinajstić information content (AvgIpc) is 2.91. The van der Waals surface area contributed by atoms with Crippen LogP contribution in [0.3, 0.4) is 0 Å². The van der Waals surface area contributed by atoms with Crippen molar-refractivity contribution in [1.29, 1.82) is 0 Å². The quantitative estimate of drug-likeness (QED) is 0.166. The van der Waals surface area contributed by atoms with E-state index in [1.165, 1.54) is 43.3 Å². The molecule has 0 aromatic rings. The predicted octanol–water partition coefficient (Wildman–Crippen LogP) is 6.56. The van der Waals surface area contributed by atoms with E-state index in [2.05, 4.69) is 31.2 Å². The van der Waals surface area contributed by atoms with Gasteiger partial charge in [0.2, 0.25) is 0 Å². The first-order valence-electron chi connectivity index (χ1n) is 14.5. The average molecular weight is 499 g/mol. The number of hydrogen-bond donors (Lipinski definition) is 3. The minimum Gasteiger partial charge on any atom is -0.498 e. The van der Waals surface area contributed by atoms with Gasteiger partial charge in [0.15, 0.2) is 0 Å². The Morgan fingerprint density at radius 3 is 2.50 bits per heavy atom. The second-order valence-electron chi connectivity index (χ2n) is 10.7. The van der Waals surface area contributed by atoms with Gasteiger partial charge in [-0.2, -0.15) is 0 Å². The maximum absolute atomic E-state index is 8.84. The van der Waals surface area contributed by atoms with Crippen LogP contribution in [0.25, 0.3) is 0 Å². The molecule has 0 amide bonds. The lowest BCUT2D eigenvalue weighted by molar-refractivity contribution is -0.0240. The van der Waals surface area contributed by atoms with Gasteiger partial charge in [-0.05, 0) is 86.5 Å². The summed E-state index contributed by atoms with van der Waals surface area (Å²) in [5.74, 6) is 2.04. The molecule has 5 nitrogen and oxygen atoms in total. The molecule has 202 valence electrons. The first-order valence-corrected chi connectivity index (χ1v) is 14.5. The minimum atomic E-state index is -0.463. The Kier molecular flexibility index (Phi) is 13.0. The van der Waals surface area contributed by atoms with E-state index in [4.69, 9.17) is 26.0 Å². The van der Waals surface area contributed by atoms with Gasteiger partial charge >= 0.3 is 0 Å². The Bertz CT molecular complexity index is 811. The first kappa shape index (κ1) is 28.9. The molecule has 0 saturated heterocycles. The Morgan fingerprint density at radius 1 is 0.972 bits per heavy atom. The summed E-state index contributed by atoms with van der Waals surface area (Å²) in [5, 5.41) is 8.84. The molecule has 0 heterocycles. The van der Waals surface area contributed by atoms with Crippen molar-refractivity contribution in [1.82, 2.24) is 0 Å². The summed E-state index contributed by atoms with van der Waals surface area (Å²) in [6.45, 7) is 3.28. The van der Waals surface area contributed by atoms with Crippen LogP contribution in [0.4, 0.5) is 0 Å². The van der Waals surface area contributed by atoms with Crippen LogP contribution in [0.1, 0.15) is 96.8 Å². The third kappa shape index (κ3) is 9.66. The summed E-state index contributed by atoms with van der Waals surface area (Å²) in [7, 11) is 0. The molecule has 0 aliphatic heterocycles. The van der Waals surface area contributed by atoms with Crippen molar-refractivity contribution in [3.63, 3.8) is 0 Å². The summed E-state index contributed by atoms with van der Waals surface area (Å²) >= 11 is 0. The summed E-state index contributed by atoms with van der Waals surface area (Å²) < 4.78 is 12.0. The molecule has 0 radical (unpaired) electrons. The van der Waals surface area contributed by atoms with Gasteiger partial charge in [-0.3, -0.25) is 0 Å². The zero-order valence-electron chi connectivity index (χ0n) is 22.5. The van der Waals surface area contributed by atoms with E-state index in [0.29, 0.717) is 5.92 Å². The number of allylic oxidation sites excluding steroid dienone is 9. The molecule has 4 atom stereocenters. The first-order chi connectivity index (χ1) is 17.6. The summed E-state index contributed by atoms with van der Waals surface area (Å²) in [6.07, 6.45) is 28.1. The molecule has 4 unspecified atom stereocenters. The zero-order chi connectivity index (χ0) is 25.6. The van der Waals surface area contributed by atoms with Crippen molar-refractivity contribution in [2.45, 2.75) is 109 Å². The number of ether oxygens (including phenoxy) is 2. The molecule has 3 aliphatic carbocycles. The van der Waals surface area contributed by atoms with E-state index < -0.39 is 6.23 Å². The van der Waals surface area contributed by atoms with Crippen molar-refractivity contribution in [3.05, 3.63) is 58.9 Å². The van der Waals surface area contributed by atoms with E-state index in [9.17, 15) is 0 Å².